The molecule has 1 heterocycles. The Labute approximate surface area is 97.5 Å². The molecule has 0 saturated carbocycles. The number of nitrogens with zero attached hydrogens (tertiary/aromatic N) is 1. The Kier molecular flexibility index (Phi) is 7.25. The topological polar surface area (TPSA) is 63.4 Å². The molecular formula is C12H22N2O2. The Balaban J connectivity index is 0.00000106. The third kappa shape index (κ3) is 4.04. The van der Waals surface area contributed by atoms with Crippen molar-refractivity contribution in [2.75, 3.05) is 0 Å². The molecule has 16 heavy (non-hydrogen) atoms. The van der Waals surface area contributed by atoms with E-state index in [1.807, 2.05) is 26.8 Å². The van der Waals surface area contributed by atoms with Crippen molar-refractivity contribution in [1.29, 1.82) is 0 Å². The molecule has 1 unspecified atom stereocenters. The van der Waals surface area contributed by atoms with Gasteiger partial charge in [0, 0.05) is 12.6 Å². The fraction of sp³-hybridized carbons (Fsp3) is 0.667. The van der Waals surface area contributed by atoms with Gasteiger partial charge < -0.3 is 10.6 Å². The van der Waals surface area contributed by atoms with Crippen LogP contribution >= 0.6 is 0 Å². The quantitative estimate of drug-likeness (QED) is 0.797. The molecule has 92 valence electrons. The summed E-state index contributed by atoms with van der Waals surface area (Å²) in [6.07, 6.45) is 6.28. The van der Waals surface area contributed by atoms with Crippen LogP contribution in [0, 0.1) is 0 Å². The van der Waals surface area contributed by atoms with E-state index in [1.165, 1.54) is 4.90 Å². The van der Waals surface area contributed by atoms with Crippen LogP contribution in [0.5, 0.6) is 0 Å². The Morgan fingerprint density at radius 3 is 2.56 bits per heavy atom. The summed E-state index contributed by atoms with van der Waals surface area (Å²) >= 11 is 0. The fourth-order valence-electron chi connectivity index (χ4n) is 1.56. The predicted octanol–water partition coefficient (Wildman–Crippen LogP) is 1.80. The predicted molar refractivity (Wildman–Crippen MR) is 64.5 cm³/mol. The molecule has 2 amide bonds. The fourth-order valence-corrected chi connectivity index (χ4v) is 1.56. The molecule has 0 aromatic carbocycles. The maximum Gasteiger partial charge on any atom is 0.240 e. The molecule has 0 spiro atoms. The standard InChI is InChI=1S/C10H16N2O2.C2H6/c1-2-5-9(13)12-7-4-3-6-8(12)10(11)14;1-2/h4,7-8H,2-3,5-6H2,1H3,(H2,11,14);1-2H3. The first-order valence-electron chi connectivity index (χ1n) is 5.94. The number of allylic oxidation sites excluding steroid dienone is 1. The van der Waals surface area contributed by atoms with Gasteiger partial charge in [-0.15, -0.1) is 0 Å². The van der Waals surface area contributed by atoms with E-state index in [-0.39, 0.29) is 5.91 Å². The molecule has 1 rings (SSSR count). The van der Waals surface area contributed by atoms with Crippen molar-refractivity contribution >= 4 is 11.8 Å². The number of amides is 2. The van der Waals surface area contributed by atoms with E-state index in [9.17, 15) is 9.59 Å². The summed E-state index contributed by atoms with van der Waals surface area (Å²) < 4.78 is 0. The maximum atomic E-state index is 11.6. The highest BCUT2D eigenvalue weighted by molar-refractivity contribution is 5.87. The van der Waals surface area contributed by atoms with Crippen LogP contribution in [-0.4, -0.2) is 22.8 Å². The molecule has 0 bridgehead atoms. The van der Waals surface area contributed by atoms with Gasteiger partial charge in [0.15, 0.2) is 0 Å². The molecule has 0 radical (unpaired) electrons. The number of primary amides is 1. The van der Waals surface area contributed by atoms with Crippen LogP contribution in [0.3, 0.4) is 0 Å². The Morgan fingerprint density at radius 2 is 2.06 bits per heavy atom. The molecule has 1 aliphatic heterocycles. The zero-order chi connectivity index (χ0) is 12.6. The molecule has 0 fully saturated rings. The summed E-state index contributed by atoms with van der Waals surface area (Å²) in [5.74, 6) is -0.439. The first-order chi connectivity index (χ1) is 7.66. The van der Waals surface area contributed by atoms with Crippen LogP contribution in [0.15, 0.2) is 12.3 Å². The summed E-state index contributed by atoms with van der Waals surface area (Å²) in [6, 6.07) is -0.445. The molecule has 4 nitrogen and oxygen atoms in total. The van der Waals surface area contributed by atoms with Gasteiger partial charge in [0.25, 0.3) is 0 Å². The van der Waals surface area contributed by atoms with E-state index in [0.29, 0.717) is 12.8 Å². The highest BCUT2D eigenvalue weighted by atomic mass is 16.2. The number of nitrogens with two attached hydrogens (primary N) is 1. The van der Waals surface area contributed by atoms with E-state index < -0.39 is 11.9 Å². The van der Waals surface area contributed by atoms with Crippen LogP contribution in [0.2, 0.25) is 0 Å². The van der Waals surface area contributed by atoms with Crippen LogP contribution in [-0.2, 0) is 9.59 Å². The van der Waals surface area contributed by atoms with Crippen molar-refractivity contribution in [2.45, 2.75) is 52.5 Å². The highest BCUT2D eigenvalue weighted by Crippen LogP contribution is 2.16. The zero-order valence-corrected chi connectivity index (χ0v) is 10.4. The molecule has 0 aliphatic carbocycles. The lowest BCUT2D eigenvalue weighted by Crippen LogP contribution is -2.46. The molecule has 1 aliphatic rings. The summed E-state index contributed by atoms with van der Waals surface area (Å²) in [7, 11) is 0. The minimum absolute atomic E-state index is 0.0211. The van der Waals surface area contributed by atoms with Crippen LogP contribution in [0.4, 0.5) is 0 Å². The van der Waals surface area contributed by atoms with Crippen molar-refractivity contribution in [2.24, 2.45) is 5.73 Å². The number of hydrogen-bond acceptors (Lipinski definition) is 2. The highest BCUT2D eigenvalue weighted by Gasteiger charge is 2.27. The van der Waals surface area contributed by atoms with Crippen LogP contribution in [0.25, 0.3) is 0 Å². The lowest BCUT2D eigenvalue weighted by molar-refractivity contribution is -0.136. The zero-order valence-electron chi connectivity index (χ0n) is 10.4. The molecule has 0 aromatic heterocycles. The number of hydrogen-bond donors (Lipinski definition) is 1. The van der Waals surface area contributed by atoms with Gasteiger partial charge in [0.2, 0.25) is 11.8 Å². The number of carbonyl (C=O) groups excluding carboxylic acids is 2. The molecule has 2 N–H and O–H groups in total. The van der Waals surface area contributed by atoms with E-state index >= 15 is 0 Å². The molecule has 0 aromatic rings. The van der Waals surface area contributed by atoms with Crippen molar-refractivity contribution in [3.63, 3.8) is 0 Å². The lowest BCUT2D eigenvalue weighted by Gasteiger charge is -2.29. The van der Waals surface area contributed by atoms with Gasteiger partial charge in [-0.05, 0) is 19.3 Å². The van der Waals surface area contributed by atoms with E-state index in [1.54, 1.807) is 6.20 Å². The van der Waals surface area contributed by atoms with Gasteiger partial charge >= 0.3 is 0 Å². The number of rotatable bonds is 3. The van der Waals surface area contributed by atoms with Crippen LogP contribution in [0.1, 0.15) is 46.5 Å². The summed E-state index contributed by atoms with van der Waals surface area (Å²) in [6.45, 7) is 5.94. The minimum Gasteiger partial charge on any atom is -0.368 e. The molecule has 0 saturated heterocycles. The van der Waals surface area contributed by atoms with Gasteiger partial charge in [-0.1, -0.05) is 26.8 Å². The first-order valence-corrected chi connectivity index (χ1v) is 5.94. The molecular weight excluding hydrogens is 204 g/mol. The normalized spacial score (nSPS) is 18.7. The summed E-state index contributed by atoms with van der Waals surface area (Å²) in [4.78, 5) is 24.1. The van der Waals surface area contributed by atoms with Crippen LogP contribution < -0.4 is 5.73 Å². The average Bonchev–Trinajstić information content (AvgIpc) is 2.32. The van der Waals surface area contributed by atoms with Crippen molar-refractivity contribution in [3.05, 3.63) is 12.3 Å². The van der Waals surface area contributed by atoms with Gasteiger partial charge in [0.1, 0.15) is 6.04 Å². The maximum absolute atomic E-state index is 11.6. The minimum atomic E-state index is -0.445. The second-order valence-electron chi connectivity index (χ2n) is 3.43. The Morgan fingerprint density at radius 1 is 1.44 bits per heavy atom. The van der Waals surface area contributed by atoms with Gasteiger partial charge in [-0.2, -0.15) is 0 Å². The van der Waals surface area contributed by atoms with Crippen molar-refractivity contribution in [1.82, 2.24) is 4.90 Å². The second kappa shape index (κ2) is 7.91. The Hall–Kier alpha value is -1.32. The molecule has 4 heteroatoms. The van der Waals surface area contributed by atoms with E-state index in [2.05, 4.69) is 0 Å². The lowest BCUT2D eigenvalue weighted by atomic mass is 10.1. The monoisotopic (exact) mass is 226 g/mol. The van der Waals surface area contributed by atoms with Gasteiger partial charge in [-0.25, -0.2) is 0 Å². The molecule has 1 atom stereocenters. The van der Waals surface area contributed by atoms with Crippen molar-refractivity contribution < 1.29 is 9.59 Å². The smallest absolute Gasteiger partial charge is 0.240 e. The third-order valence-electron chi connectivity index (χ3n) is 2.29. The van der Waals surface area contributed by atoms with Crippen molar-refractivity contribution in [3.8, 4) is 0 Å². The third-order valence-corrected chi connectivity index (χ3v) is 2.29. The summed E-state index contributed by atoms with van der Waals surface area (Å²) in [5.41, 5.74) is 5.22. The summed E-state index contributed by atoms with van der Waals surface area (Å²) in [5, 5.41) is 0. The Bertz CT molecular complexity index is 262. The van der Waals surface area contributed by atoms with Gasteiger partial charge in [-0.3, -0.25) is 9.59 Å². The average molecular weight is 226 g/mol. The van der Waals surface area contributed by atoms with E-state index in [4.69, 9.17) is 5.73 Å². The first kappa shape index (κ1) is 14.7. The number of carbonyl (C=O) groups is 2. The van der Waals surface area contributed by atoms with Gasteiger partial charge in [0.05, 0.1) is 0 Å². The largest absolute Gasteiger partial charge is 0.368 e. The SMILES string of the molecule is CC.CCCC(=O)N1C=CCCC1C(N)=O. The van der Waals surface area contributed by atoms with E-state index in [0.717, 1.165) is 12.8 Å². The second-order valence-corrected chi connectivity index (χ2v) is 3.43.